The predicted octanol–water partition coefficient (Wildman–Crippen LogP) is 3.88. The lowest BCUT2D eigenvalue weighted by molar-refractivity contribution is 0.0693. The Hall–Kier alpha value is -3.22. The molecular weight excluding hydrogens is 326 g/mol. The SMILES string of the molecule is CCCCOc1ccc(OC(=O)Nc2cccc(C(=O)O)c2O)cc1. The number of hydrogen-bond donors (Lipinski definition) is 3. The molecule has 0 fully saturated rings. The quantitative estimate of drug-likeness (QED) is 0.519. The number of carboxylic acids is 1. The van der Waals surface area contributed by atoms with Crippen LogP contribution in [0.1, 0.15) is 30.1 Å². The maximum Gasteiger partial charge on any atom is 0.417 e. The number of aromatic hydroxyl groups is 1. The lowest BCUT2D eigenvalue weighted by atomic mass is 10.2. The third-order valence-electron chi connectivity index (χ3n) is 3.30. The van der Waals surface area contributed by atoms with E-state index in [-0.39, 0.29) is 17.0 Å². The molecule has 25 heavy (non-hydrogen) atoms. The van der Waals surface area contributed by atoms with Crippen LogP contribution in [-0.4, -0.2) is 28.9 Å². The summed E-state index contributed by atoms with van der Waals surface area (Å²) in [6.45, 7) is 2.69. The molecule has 0 bridgehead atoms. The number of ether oxygens (including phenoxy) is 2. The minimum absolute atomic E-state index is 0.0515. The van der Waals surface area contributed by atoms with Crippen molar-refractivity contribution in [2.75, 3.05) is 11.9 Å². The van der Waals surface area contributed by atoms with E-state index >= 15 is 0 Å². The lowest BCUT2D eigenvalue weighted by Crippen LogP contribution is -2.17. The van der Waals surface area contributed by atoms with Gasteiger partial charge in [-0.15, -0.1) is 0 Å². The van der Waals surface area contributed by atoms with E-state index in [1.807, 2.05) is 0 Å². The molecule has 3 N–H and O–H groups in total. The highest BCUT2D eigenvalue weighted by atomic mass is 16.6. The number of hydrogen-bond acceptors (Lipinski definition) is 5. The summed E-state index contributed by atoms with van der Waals surface area (Å²) in [6, 6.07) is 10.5. The van der Waals surface area contributed by atoms with Crippen LogP contribution in [0.25, 0.3) is 0 Å². The minimum atomic E-state index is -1.30. The number of carboxylic acid groups (broad SMARTS) is 1. The van der Waals surface area contributed by atoms with Gasteiger partial charge in [0.2, 0.25) is 0 Å². The Balaban J connectivity index is 1.96. The normalized spacial score (nSPS) is 10.1. The number of carbonyl (C=O) groups is 2. The number of unbranched alkanes of at least 4 members (excludes halogenated alkanes) is 1. The second-order valence-electron chi connectivity index (χ2n) is 5.19. The predicted molar refractivity (Wildman–Crippen MR) is 91.6 cm³/mol. The number of phenols is 1. The van der Waals surface area contributed by atoms with Gasteiger partial charge in [0.1, 0.15) is 17.1 Å². The average molecular weight is 345 g/mol. The molecule has 0 aliphatic carbocycles. The van der Waals surface area contributed by atoms with E-state index in [0.717, 1.165) is 12.8 Å². The monoisotopic (exact) mass is 345 g/mol. The van der Waals surface area contributed by atoms with E-state index in [4.69, 9.17) is 14.6 Å². The van der Waals surface area contributed by atoms with Gasteiger partial charge in [0, 0.05) is 0 Å². The summed E-state index contributed by atoms with van der Waals surface area (Å²) in [4.78, 5) is 22.8. The molecule has 2 rings (SSSR count). The Morgan fingerprint density at radius 1 is 1.08 bits per heavy atom. The van der Waals surface area contributed by atoms with E-state index in [0.29, 0.717) is 12.4 Å². The molecular formula is C18H19NO6. The second-order valence-corrected chi connectivity index (χ2v) is 5.19. The van der Waals surface area contributed by atoms with E-state index in [2.05, 4.69) is 12.2 Å². The van der Waals surface area contributed by atoms with Crippen molar-refractivity contribution in [1.82, 2.24) is 0 Å². The van der Waals surface area contributed by atoms with Gasteiger partial charge in [-0.3, -0.25) is 5.32 Å². The van der Waals surface area contributed by atoms with Crippen molar-refractivity contribution in [2.45, 2.75) is 19.8 Å². The zero-order valence-electron chi connectivity index (χ0n) is 13.7. The number of amides is 1. The lowest BCUT2D eigenvalue weighted by Gasteiger charge is -2.10. The zero-order chi connectivity index (χ0) is 18.2. The summed E-state index contributed by atoms with van der Waals surface area (Å²) < 4.78 is 10.6. The largest absolute Gasteiger partial charge is 0.505 e. The number of benzene rings is 2. The van der Waals surface area contributed by atoms with Gasteiger partial charge in [-0.1, -0.05) is 19.4 Å². The molecule has 0 aliphatic rings. The summed E-state index contributed by atoms with van der Waals surface area (Å²) in [7, 11) is 0. The van der Waals surface area contributed by atoms with Crippen LogP contribution < -0.4 is 14.8 Å². The number of carbonyl (C=O) groups excluding carboxylic acids is 1. The van der Waals surface area contributed by atoms with Crippen LogP contribution in [0.5, 0.6) is 17.2 Å². The van der Waals surface area contributed by atoms with Crippen molar-refractivity contribution in [3.8, 4) is 17.2 Å². The van der Waals surface area contributed by atoms with E-state index in [1.54, 1.807) is 24.3 Å². The maximum atomic E-state index is 11.9. The molecule has 0 heterocycles. The maximum absolute atomic E-state index is 11.9. The zero-order valence-corrected chi connectivity index (χ0v) is 13.7. The van der Waals surface area contributed by atoms with Crippen LogP contribution in [0.2, 0.25) is 0 Å². The van der Waals surface area contributed by atoms with Gasteiger partial charge in [0.05, 0.1) is 12.3 Å². The third kappa shape index (κ3) is 5.13. The summed E-state index contributed by atoms with van der Waals surface area (Å²) in [5.41, 5.74) is -0.365. The first kappa shape index (κ1) is 18.1. The number of nitrogens with one attached hydrogen (secondary N) is 1. The fourth-order valence-corrected chi connectivity index (χ4v) is 2.00. The van der Waals surface area contributed by atoms with Gasteiger partial charge < -0.3 is 19.7 Å². The Bertz CT molecular complexity index is 742. The summed E-state index contributed by atoms with van der Waals surface area (Å²) in [6.07, 6.45) is 1.15. The Morgan fingerprint density at radius 3 is 2.40 bits per heavy atom. The van der Waals surface area contributed by atoms with Crippen molar-refractivity contribution in [1.29, 1.82) is 0 Å². The molecule has 0 spiro atoms. The third-order valence-corrected chi connectivity index (χ3v) is 3.30. The molecule has 0 unspecified atom stereocenters. The molecule has 1 amide bonds. The second kappa shape index (κ2) is 8.58. The number of aromatic carboxylic acids is 1. The fraction of sp³-hybridized carbons (Fsp3) is 0.222. The summed E-state index contributed by atoms with van der Waals surface area (Å²) >= 11 is 0. The molecule has 0 saturated heterocycles. The van der Waals surface area contributed by atoms with Crippen LogP contribution in [0, 0.1) is 0 Å². The van der Waals surface area contributed by atoms with Crippen LogP contribution in [-0.2, 0) is 0 Å². The van der Waals surface area contributed by atoms with Gasteiger partial charge in [-0.25, -0.2) is 9.59 Å². The topological polar surface area (TPSA) is 105 Å². The highest BCUT2D eigenvalue weighted by Crippen LogP contribution is 2.27. The first-order chi connectivity index (χ1) is 12.0. The van der Waals surface area contributed by atoms with E-state index < -0.39 is 17.8 Å². The first-order valence-electron chi connectivity index (χ1n) is 7.78. The molecule has 0 aliphatic heterocycles. The molecule has 0 radical (unpaired) electrons. The van der Waals surface area contributed by atoms with Gasteiger partial charge >= 0.3 is 12.1 Å². The van der Waals surface area contributed by atoms with E-state index in [1.165, 1.54) is 18.2 Å². The molecule has 2 aromatic carbocycles. The van der Waals surface area contributed by atoms with Crippen molar-refractivity contribution in [3.05, 3.63) is 48.0 Å². The van der Waals surface area contributed by atoms with Crippen molar-refractivity contribution < 1.29 is 29.3 Å². The highest BCUT2D eigenvalue weighted by Gasteiger charge is 2.15. The summed E-state index contributed by atoms with van der Waals surface area (Å²) in [5, 5.41) is 21.1. The number of rotatable bonds is 7. The molecule has 0 aromatic heterocycles. The summed E-state index contributed by atoms with van der Waals surface area (Å²) in [5.74, 6) is -0.873. The molecule has 7 nitrogen and oxygen atoms in total. The Kier molecular flexibility index (Phi) is 6.22. The number of para-hydroxylation sites is 1. The fourth-order valence-electron chi connectivity index (χ4n) is 2.00. The first-order valence-corrected chi connectivity index (χ1v) is 7.78. The van der Waals surface area contributed by atoms with Gasteiger partial charge in [-0.2, -0.15) is 0 Å². The molecule has 0 saturated carbocycles. The number of anilines is 1. The van der Waals surface area contributed by atoms with Crippen LogP contribution >= 0.6 is 0 Å². The van der Waals surface area contributed by atoms with Gasteiger partial charge in [-0.05, 0) is 42.8 Å². The standard InChI is InChI=1S/C18H19NO6/c1-2-3-11-24-12-7-9-13(10-8-12)25-18(23)19-15-6-4-5-14(16(15)20)17(21)22/h4-10,20H,2-3,11H2,1H3,(H,19,23)(H,21,22). The van der Waals surface area contributed by atoms with E-state index in [9.17, 15) is 14.7 Å². The van der Waals surface area contributed by atoms with Crippen molar-refractivity contribution in [2.24, 2.45) is 0 Å². The molecule has 7 heteroatoms. The van der Waals surface area contributed by atoms with Gasteiger partial charge in [0.15, 0.2) is 5.75 Å². The van der Waals surface area contributed by atoms with Crippen LogP contribution in [0.4, 0.5) is 10.5 Å². The minimum Gasteiger partial charge on any atom is -0.505 e. The van der Waals surface area contributed by atoms with Crippen LogP contribution in [0.3, 0.4) is 0 Å². The molecule has 0 atom stereocenters. The van der Waals surface area contributed by atoms with Crippen molar-refractivity contribution >= 4 is 17.7 Å². The molecule has 2 aromatic rings. The molecule has 132 valence electrons. The van der Waals surface area contributed by atoms with Crippen LogP contribution in [0.15, 0.2) is 42.5 Å². The average Bonchev–Trinajstić information content (AvgIpc) is 2.58. The van der Waals surface area contributed by atoms with Crippen molar-refractivity contribution in [3.63, 3.8) is 0 Å². The Morgan fingerprint density at radius 2 is 1.76 bits per heavy atom. The Labute approximate surface area is 144 Å². The smallest absolute Gasteiger partial charge is 0.417 e. The highest BCUT2D eigenvalue weighted by molar-refractivity contribution is 5.96. The van der Waals surface area contributed by atoms with Gasteiger partial charge in [0.25, 0.3) is 0 Å².